The maximum Gasteiger partial charge on any atom is 0.306 e. The van der Waals surface area contributed by atoms with E-state index in [4.69, 9.17) is 4.74 Å². The molecule has 4 fully saturated rings. The highest BCUT2D eigenvalue weighted by molar-refractivity contribution is 5.71. The van der Waals surface area contributed by atoms with E-state index in [1.54, 1.807) is 0 Å². The lowest BCUT2D eigenvalue weighted by Gasteiger charge is -2.69. The van der Waals surface area contributed by atoms with Crippen LogP contribution in [0.4, 0.5) is 0 Å². The first-order valence-electron chi connectivity index (χ1n) is 15.8. The molecule has 4 rings (SSSR count). The number of ether oxygens (including phenoxy) is 1. The van der Waals surface area contributed by atoms with Gasteiger partial charge in [0.1, 0.15) is 6.10 Å². The van der Waals surface area contributed by atoms with Gasteiger partial charge in [-0.25, -0.2) is 0 Å². The molecule has 5 nitrogen and oxygen atoms in total. The van der Waals surface area contributed by atoms with E-state index in [1.807, 2.05) is 13.8 Å². The number of hydrogen-bond acceptors (Lipinski definition) is 4. The summed E-state index contributed by atoms with van der Waals surface area (Å²) in [5, 5.41) is 22.5. The Morgan fingerprint density at radius 2 is 1.69 bits per heavy atom. The number of aliphatic hydroxyl groups is 1. The van der Waals surface area contributed by atoms with Gasteiger partial charge in [0.2, 0.25) is 0 Å². The molecule has 12 atom stereocenters. The average Bonchev–Trinajstić information content (AvgIpc) is 3.07. The summed E-state index contributed by atoms with van der Waals surface area (Å²) in [5.41, 5.74) is 0.913. The summed E-state index contributed by atoms with van der Waals surface area (Å²) < 4.78 is 5.99. The number of carboxylic acids is 1. The van der Waals surface area contributed by atoms with E-state index in [2.05, 4.69) is 47.6 Å². The molecule has 39 heavy (non-hydrogen) atoms. The number of carbonyl (C=O) groups excluding carboxylic acids is 1. The zero-order valence-electron chi connectivity index (χ0n) is 26.1. The summed E-state index contributed by atoms with van der Waals surface area (Å²) >= 11 is 0. The summed E-state index contributed by atoms with van der Waals surface area (Å²) in [6, 6.07) is 0. The summed E-state index contributed by atoms with van der Waals surface area (Å²) in [7, 11) is 0. The molecule has 4 aliphatic rings. The van der Waals surface area contributed by atoms with Gasteiger partial charge in [-0.05, 0) is 117 Å². The third-order valence-corrected chi connectivity index (χ3v) is 13.1. The van der Waals surface area contributed by atoms with Crippen molar-refractivity contribution < 1.29 is 24.5 Å². The van der Waals surface area contributed by atoms with E-state index in [0.29, 0.717) is 43.4 Å². The molecule has 222 valence electrons. The monoisotopic (exact) mass is 544 g/mol. The molecule has 0 saturated heterocycles. The highest BCUT2D eigenvalue weighted by Crippen LogP contribution is 2.75. The normalized spacial score (nSPS) is 46.0. The van der Waals surface area contributed by atoms with Gasteiger partial charge in [0.25, 0.3) is 0 Å². The smallest absolute Gasteiger partial charge is 0.306 e. The van der Waals surface area contributed by atoms with Crippen molar-refractivity contribution in [1.82, 2.24) is 0 Å². The van der Waals surface area contributed by atoms with Crippen LogP contribution in [0.15, 0.2) is 11.6 Å². The Bertz CT molecular complexity index is 967. The van der Waals surface area contributed by atoms with E-state index in [1.165, 1.54) is 18.9 Å². The number of allylic oxidation sites excluding steroid dienone is 2. The number of aliphatic carboxylic acids is 1. The van der Waals surface area contributed by atoms with Gasteiger partial charge in [-0.2, -0.15) is 0 Å². The van der Waals surface area contributed by atoms with Crippen molar-refractivity contribution in [3.63, 3.8) is 0 Å². The van der Waals surface area contributed by atoms with Gasteiger partial charge in [-0.1, -0.05) is 53.2 Å². The van der Waals surface area contributed by atoms with Crippen LogP contribution in [0.1, 0.15) is 114 Å². The Kier molecular flexibility index (Phi) is 8.47. The van der Waals surface area contributed by atoms with Crippen molar-refractivity contribution >= 4 is 11.9 Å². The van der Waals surface area contributed by atoms with Gasteiger partial charge < -0.3 is 14.9 Å². The number of carboxylic acid groups (broad SMARTS) is 1. The minimum Gasteiger partial charge on any atom is -0.481 e. The fourth-order valence-electron chi connectivity index (χ4n) is 11.4. The van der Waals surface area contributed by atoms with Crippen LogP contribution in [-0.2, 0) is 14.3 Å². The third-order valence-electron chi connectivity index (χ3n) is 13.1. The molecular weight excluding hydrogens is 488 g/mol. The van der Waals surface area contributed by atoms with Crippen molar-refractivity contribution in [2.24, 2.45) is 63.6 Å². The standard InChI is InChI=1S/C34H56O5/c1-19(2)11-10-12-24(31(37)38)29-26-17-27(36)30-32(7)15-13-23(20(3)4)21(5)25(32)14-16-33(30,8)34(26,9)18-28(29)39-22(6)35/h11,20-21,23-30,36H,10,12-18H2,1-9H3,(H,37,38)/t21-,23?,24?,25+,26+,27-,28+,29?,30+,32+,33+,34+/m1/s1. The highest BCUT2D eigenvalue weighted by atomic mass is 16.5. The first-order valence-corrected chi connectivity index (χ1v) is 15.8. The Hall–Kier alpha value is -1.36. The first-order chi connectivity index (χ1) is 18.1. The summed E-state index contributed by atoms with van der Waals surface area (Å²) in [4.78, 5) is 25.1. The second kappa shape index (κ2) is 10.8. The Morgan fingerprint density at radius 3 is 2.26 bits per heavy atom. The third kappa shape index (κ3) is 4.91. The Morgan fingerprint density at radius 1 is 1.03 bits per heavy atom. The lowest BCUT2D eigenvalue weighted by Crippen LogP contribution is -2.65. The molecular formula is C34H56O5. The van der Waals surface area contributed by atoms with E-state index in [-0.39, 0.29) is 40.0 Å². The molecule has 0 aromatic carbocycles. The summed E-state index contributed by atoms with van der Waals surface area (Å²) in [6.07, 6.45) is 8.33. The van der Waals surface area contributed by atoms with Gasteiger partial charge >= 0.3 is 11.9 Å². The highest BCUT2D eigenvalue weighted by Gasteiger charge is 2.72. The van der Waals surface area contributed by atoms with Crippen LogP contribution >= 0.6 is 0 Å². The molecule has 0 bridgehead atoms. The first kappa shape index (κ1) is 30.6. The van der Waals surface area contributed by atoms with E-state index in [0.717, 1.165) is 25.2 Å². The van der Waals surface area contributed by atoms with Crippen LogP contribution in [0, 0.1) is 63.6 Å². The number of carbonyl (C=O) groups is 2. The lowest BCUT2D eigenvalue weighted by molar-refractivity contribution is -0.238. The van der Waals surface area contributed by atoms with E-state index >= 15 is 0 Å². The maximum absolute atomic E-state index is 12.8. The van der Waals surface area contributed by atoms with Gasteiger partial charge in [-0.3, -0.25) is 9.59 Å². The predicted molar refractivity (Wildman–Crippen MR) is 155 cm³/mol. The molecule has 2 N–H and O–H groups in total. The number of esters is 1. The summed E-state index contributed by atoms with van der Waals surface area (Å²) in [5.74, 6) is 0.816. The molecule has 0 heterocycles. The van der Waals surface area contributed by atoms with Crippen LogP contribution < -0.4 is 0 Å². The van der Waals surface area contributed by atoms with E-state index in [9.17, 15) is 19.8 Å². The quantitative estimate of drug-likeness (QED) is 0.256. The SMILES string of the molecule is CC(=O)O[C@H]1C[C@@]2(C)[C@@H](C[C@@H](O)[C@H]3[C@@]4(C)CCC(C(C)C)[C@@H](C)[C@@H]4CC[C@@]32C)C1C(CCC=C(C)C)C(=O)O. The zero-order chi connectivity index (χ0) is 29.1. The molecule has 3 unspecified atom stereocenters. The lowest BCUT2D eigenvalue weighted by atomic mass is 9.35. The van der Waals surface area contributed by atoms with Crippen LogP contribution in [0.25, 0.3) is 0 Å². The van der Waals surface area contributed by atoms with Crippen LogP contribution in [0.2, 0.25) is 0 Å². The van der Waals surface area contributed by atoms with Gasteiger partial charge in [-0.15, -0.1) is 0 Å². The Balaban J connectivity index is 1.74. The Labute approximate surface area is 237 Å². The van der Waals surface area contributed by atoms with Crippen molar-refractivity contribution in [2.75, 3.05) is 0 Å². The molecule has 5 heteroatoms. The van der Waals surface area contributed by atoms with Crippen LogP contribution in [0.5, 0.6) is 0 Å². The van der Waals surface area contributed by atoms with Gasteiger partial charge in [0.05, 0.1) is 12.0 Å². The topological polar surface area (TPSA) is 83.8 Å². The van der Waals surface area contributed by atoms with Gasteiger partial charge in [0, 0.05) is 12.8 Å². The average molecular weight is 545 g/mol. The van der Waals surface area contributed by atoms with Crippen LogP contribution in [0.3, 0.4) is 0 Å². The zero-order valence-corrected chi connectivity index (χ0v) is 26.1. The molecule has 0 radical (unpaired) electrons. The number of rotatable bonds is 7. The fraction of sp³-hybridized carbons (Fsp3) is 0.882. The minimum atomic E-state index is -0.804. The van der Waals surface area contributed by atoms with E-state index < -0.39 is 24.1 Å². The van der Waals surface area contributed by atoms with Gasteiger partial charge in [0.15, 0.2) is 0 Å². The number of aliphatic hydroxyl groups excluding tert-OH is 1. The molecule has 0 spiro atoms. The molecule has 0 aliphatic heterocycles. The predicted octanol–water partition coefficient (Wildman–Crippen LogP) is 7.51. The second-order valence-corrected chi connectivity index (χ2v) is 15.4. The molecule has 4 aliphatic carbocycles. The van der Waals surface area contributed by atoms with Crippen LogP contribution in [-0.4, -0.2) is 34.4 Å². The minimum absolute atomic E-state index is 0.00970. The molecule has 0 aromatic rings. The van der Waals surface area contributed by atoms with Crippen molar-refractivity contribution in [3.05, 3.63) is 11.6 Å². The maximum atomic E-state index is 12.8. The molecule has 4 saturated carbocycles. The molecule has 0 amide bonds. The van der Waals surface area contributed by atoms with Crippen molar-refractivity contribution in [1.29, 1.82) is 0 Å². The fourth-order valence-corrected chi connectivity index (χ4v) is 11.4. The molecule has 0 aromatic heterocycles. The van der Waals surface area contributed by atoms with Crippen molar-refractivity contribution in [2.45, 2.75) is 126 Å². The second-order valence-electron chi connectivity index (χ2n) is 15.4. The number of fused-ring (bicyclic) bond motifs is 5. The number of hydrogen-bond donors (Lipinski definition) is 2. The largest absolute Gasteiger partial charge is 0.481 e. The summed E-state index contributed by atoms with van der Waals surface area (Å²) in [6.45, 7) is 19.9. The van der Waals surface area contributed by atoms with Crippen molar-refractivity contribution in [3.8, 4) is 0 Å².